The fraction of sp³-hybridized carbons (Fsp3) is 0.765. The molecule has 0 radical (unpaired) electrons. The average Bonchev–Trinajstić information content (AvgIpc) is 3.15. The van der Waals surface area contributed by atoms with Gasteiger partial charge in [0.15, 0.2) is 0 Å². The molecule has 1 aromatic heterocycles. The monoisotopic (exact) mass is 292 g/mol. The summed E-state index contributed by atoms with van der Waals surface area (Å²) in [5.41, 5.74) is 0. The van der Waals surface area contributed by atoms with Crippen molar-refractivity contribution in [3.05, 3.63) is 22.4 Å². The molecular formula is C17H28N2S. The van der Waals surface area contributed by atoms with Crippen LogP contribution in [0, 0.1) is 5.92 Å². The number of piperidine rings is 1. The SMILES string of the molecule is CCCN(CC1CCCCN1)C(c1cccs1)C1CC1. The third-order valence-electron chi connectivity index (χ3n) is 4.67. The standard InChI is InChI=1S/C17H28N2S/c1-2-11-19(13-15-6-3-4-10-18-15)17(14-8-9-14)16-7-5-12-20-16/h5,7,12,14-15,17-18H,2-4,6,8-11,13H2,1H3. The fourth-order valence-corrected chi connectivity index (χ4v) is 4.53. The van der Waals surface area contributed by atoms with Gasteiger partial charge in [-0.15, -0.1) is 11.3 Å². The van der Waals surface area contributed by atoms with Crippen molar-refractivity contribution < 1.29 is 0 Å². The zero-order valence-electron chi connectivity index (χ0n) is 12.7. The summed E-state index contributed by atoms with van der Waals surface area (Å²) in [6, 6.07) is 5.98. The minimum Gasteiger partial charge on any atom is -0.313 e. The predicted molar refractivity (Wildman–Crippen MR) is 87.3 cm³/mol. The molecule has 2 aliphatic rings. The Bertz CT molecular complexity index is 380. The maximum atomic E-state index is 3.73. The number of nitrogens with one attached hydrogen (secondary N) is 1. The van der Waals surface area contributed by atoms with Crippen LogP contribution in [0.5, 0.6) is 0 Å². The smallest absolute Gasteiger partial charge is 0.0470 e. The first-order valence-corrected chi connectivity index (χ1v) is 9.27. The fourth-order valence-electron chi connectivity index (χ4n) is 3.58. The van der Waals surface area contributed by atoms with E-state index in [1.165, 1.54) is 58.2 Å². The quantitative estimate of drug-likeness (QED) is 0.815. The second-order valence-corrected chi connectivity index (χ2v) is 7.42. The molecule has 1 saturated heterocycles. The van der Waals surface area contributed by atoms with Crippen LogP contribution in [0.1, 0.15) is 56.4 Å². The number of thiophene rings is 1. The summed E-state index contributed by atoms with van der Waals surface area (Å²) >= 11 is 1.95. The van der Waals surface area contributed by atoms with Crippen molar-refractivity contribution in [3.63, 3.8) is 0 Å². The Morgan fingerprint density at radius 2 is 2.25 bits per heavy atom. The van der Waals surface area contributed by atoms with Crippen LogP contribution in [-0.2, 0) is 0 Å². The molecule has 1 N–H and O–H groups in total. The largest absolute Gasteiger partial charge is 0.313 e. The molecule has 1 aromatic rings. The van der Waals surface area contributed by atoms with E-state index in [2.05, 4.69) is 34.7 Å². The second kappa shape index (κ2) is 7.06. The third kappa shape index (κ3) is 3.63. The van der Waals surface area contributed by atoms with Gasteiger partial charge in [0.2, 0.25) is 0 Å². The van der Waals surface area contributed by atoms with Gasteiger partial charge >= 0.3 is 0 Å². The van der Waals surface area contributed by atoms with E-state index in [4.69, 9.17) is 0 Å². The van der Waals surface area contributed by atoms with Crippen molar-refractivity contribution in [3.8, 4) is 0 Å². The minimum absolute atomic E-state index is 0.693. The molecule has 2 heterocycles. The zero-order valence-corrected chi connectivity index (χ0v) is 13.5. The summed E-state index contributed by atoms with van der Waals surface area (Å²) in [4.78, 5) is 4.38. The van der Waals surface area contributed by atoms with Crippen LogP contribution in [0.2, 0.25) is 0 Å². The molecule has 0 spiro atoms. The Kier molecular flexibility index (Phi) is 5.14. The molecule has 3 rings (SSSR count). The summed E-state index contributed by atoms with van der Waals surface area (Å²) < 4.78 is 0. The van der Waals surface area contributed by atoms with E-state index in [9.17, 15) is 0 Å². The summed E-state index contributed by atoms with van der Waals surface area (Å²) in [5, 5.41) is 5.97. The van der Waals surface area contributed by atoms with Crippen LogP contribution in [-0.4, -0.2) is 30.6 Å². The van der Waals surface area contributed by atoms with E-state index in [0.29, 0.717) is 6.04 Å². The second-order valence-electron chi connectivity index (χ2n) is 6.44. The Morgan fingerprint density at radius 3 is 2.85 bits per heavy atom. The Labute approximate surface area is 127 Å². The van der Waals surface area contributed by atoms with E-state index in [1.54, 1.807) is 4.88 Å². The maximum absolute atomic E-state index is 3.73. The van der Waals surface area contributed by atoms with Gasteiger partial charge in [0.25, 0.3) is 0 Å². The molecule has 2 atom stereocenters. The first-order valence-electron chi connectivity index (χ1n) is 8.39. The summed E-state index contributed by atoms with van der Waals surface area (Å²) in [5.74, 6) is 0.920. The van der Waals surface area contributed by atoms with Gasteiger partial charge in [0.05, 0.1) is 0 Å². The molecule has 1 saturated carbocycles. The lowest BCUT2D eigenvalue weighted by molar-refractivity contribution is 0.152. The van der Waals surface area contributed by atoms with Gasteiger partial charge in [-0.1, -0.05) is 19.4 Å². The molecule has 1 aliphatic heterocycles. The minimum atomic E-state index is 0.693. The highest BCUT2D eigenvalue weighted by Crippen LogP contribution is 2.46. The third-order valence-corrected chi connectivity index (χ3v) is 5.62. The highest BCUT2D eigenvalue weighted by atomic mass is 32.1. The topological polar surface area (TPSA) is 15.3 Å². The van der Waals surface area contributed by atoms with Crippen LogP contribution >= 0.6 is 11.3 Å². The molecule has 112 valence electrons. The zero-order chi connectivity index (χ0) is 13.8. The van der Waals surface area contributed by atoms with Gasteiger partial charge in [0, 0.05) is 23.5 Å². The van der Waals surface area contributed by atoms with Gasteiger partial charge in [0.1, 0.15) is 0 Å². The lowest BCUT2D eigenvalue weighted by Crippen LogP contribution is -2.45. The van der Waals surface area contributed by atoms with Gasteiger partial charge in [-0.25, -0.2) is 0 Å². The molecule has 3 heteroatoms. The molecule has 2 nitrogen and oxygen atoms in total. The number of nitrogens with zero attached hydrogens (tertiary/aromatic N) is 1. The molecule has 20 heavy (non-hydrogen) atoms. The van der Waals surface area contributed by atoms with Crippen molar-refractivity contribution >= 4 is 11.3 Å². The molecule has 0 amide bonds. The van der Waals surface area contributed by atoms with Crippen LogP contribution < -0.4 is 5.32 Å². The van der Waals surface area contributed by atoms with Crippen LogP contribution in [0.15, 0.2) is 17.5 Å². The lowest BCUT2D eigenvalue weighted by Gasteiger charge is -2.36. The summed E-state index contributed by atoms with van der Waals surface area (Å²) in [6.45, 7) is 6.03. The highest BCUT2D eigenvalue weighted by molar-refractivity contribution is 7.10. The predicted octanol–water partition coefficient (Wildman–Crippen LogP) is 4.05. The van der Waals surface area contributed by atoms with Crippen molar-refractivity contribution in [2.75, 3.05) is 19.6 Å². The van der Waals surface area contributed by atoms with E-state index in [-0.39, 0.29) is 0 Å². The van der Waals surface area contributed by atoms with E-state index < -0.39 is 0 Å². The lowest BCUT2D eigenvalue weighted by atomic mass is 10.0. The molecule has 0 bridgehead atoms. The van der Waals surface area contributed by atoms with Gasteiger partial charge in [-0.2, -0.15) is 0 Å². The van der Waals surface area contributed by atoms with E-state index in [0.717, 1.165) is 12.0 Å². The van der Waals surface area contributed by atoms with Crippen LogP contribution in [0.4, 0.5) is 0 Å². The van der Waals surface area contributed by atoms with Crippen LogP contribution in [0.25, 0.3) is 0 Å². The molecule has 2 fully saturated rings. The number of hydrogen-bond donors (Lipinski definition) is 1. The van der Waals surface area contributed by atoms with Crippen molar-refractivity contribution in [1.82, 2.24) is 10.2 Å². The average molecular weight is 292 g/mol. The maximum Gasteiger partial charge on any atom is 0.0470 e. The number of rotatable bonds is 7. The van der Waals surface area contributed by atoms with Gasteiger partial charge in [-0.05, 0) is 62.6 Å². The Hall–Kier alpha value is -0.380. The first kappa shape index (κ1) is 14.6. The summed E-state index contributed by atoms with van der Waals surface area (Å²) in [6.07, 6.45) is 8.26. The van der Waals surface area contributed by atoms with E-state index >= 15 is 0 Å². The van der Waals surface area contributed by atoms with Crippen molar-refractivity contribution in [2.24, 2.45) is 5.92 Å². The van der Waals surface area contributed by atoms with Crippen molar-refractivity contribution in [1.29, 1.82) is 0 Å². The highest BCUT2D eigenvalue weighted by Gasteiger charge is 2.37. The van der Waals surface area contributed by atoms with Crippen molar-refractivity contribution in [2.45, 2.75) is 57.5 Å². The molecule has 0 aromatic carbocycles. The molecular weight excluding hydrogens is 264 g/mol. The van der Waals surface area contributed by atoms with Gasteiger partial charge in [-0.3, -0.25) is 4.90 Å². The Morgan fingerprint density at radius 1 is 1.35 bits per heavy atom. The summed E-state index contributed by atoms with van der Waals surface area (Å²) in [7, 11) is 0. The van der Waals surface area contributed by atoms with E-state index in [1.807, 2.05) is 11.3 Å². The van der Waals surface area contributed by atoms with Crippen LogP contribution in [0.3, 0.4) is 0 Å². The van der Waals surface area contributed by atoms with Gasteiger partial charge < -0.3 is 5.32 Å². The Balaban J connectivity index is 1.69. The first-order chi connectivity index (χ1) is 9.88. The normalized spacial score (nSPS) is 25.0. The molecule has 1 aliphatic carbocycles. The molecule has 2 unspecified atom stereocenters. The number of hydrogen-bond acceptors (Lipinski definition) is 3.